The largest absolute Gasteiger partial charge is 0.493 e. The molecule has 1 aromatic rings. The number of rotatable bonds is 5. The number of carbonyl (C=O) groups excluding carboxylic acids is 1. The van der Waals surface area contributed by atoms with Crippen molar-refractivity contribution in [2.24, 2.45) is 0 Å². The van der Waals surface area contributed by atoms with Crippen LogP contribution in [0.15, 0.2) is 18.2 Å². The minimum atomic E-state index is 0. The van der Waals surface area contributed by atoms with Gasteiger partial charge in [0.1, 0.15) is 6.10 Å². The summed E-state index contributed by atoms with van der Waals surface area (Å²) in [6, 6.07) is 5.61. The maximum absolute atomic E-state index is 12.4. The number of methoxy groups -OCH3 is 2. The number of carbonyl (C=O) groups is 1. The summed E-state index contributed by atoms with van der Waals surface area (Å²) in [4.78, 5) is 14.4. The number of amides is 1. The lowest BCUT2D eigenvalue weighted by Crippen LogP contribution is -2.48. The van der Waals surface area contributed by atoms with Crippen molar-refractivity contribution < 1.29 is 19.0 Å². The van der Waals surface area contributed by atoms with E-state index in [1.807, 2.05) is 23.1 Å². The third-order valence-corrected chi connectivity index (χ3v) is 4.78. The van der Waals surface area contributed by atoms with Gasteiger partial charge in [0.25, 0.3) is 0 Å². The average molecular weight is 371 g/mol. The number of halogens is 1. The Balaban J connectivity index is 0.00000225. The molecule has 1 atom stereocenters. The van der Waals surface area contributed by atoms with Crippen LogP contribution in [0.1, 0.15) is 25.7 Å². The van der Waals surface area contributed by atoms with Crippen molar-refractivity contribution in [2.75, 3.05) is 33.9 Å². The second-order valence-electron chi connectivity index (χ2n) is 6.28. The molecular weight excluding hydrogens is 344 g/mol. The fourth-order valence-corrected chi connectivity index (χ4v) is 3.41. The summed E-state index contributed by atoms with van der Waals surface area (Å²) in [6.45, 7) is 2.42. The highest BCUT2D eigenvalue weighted by Gasteiger charge is 2.31. The Morgan fingerprint density at radius 1 is 1.12 bits per heavy atom. The van der Waals surface area contributed by atoms with Gasteiger partial charge in [0.15, 0.2) is 11.5 Å². The molecule has 0 spiro atoms. The maximum Gasteiger partial charge on any atom is 0.239 e. The molecule has 25 heavy (non-hydrogen) atoms. The van der Waals surface area contributed by atoms with Crippen molar-refractivity contribution in [3.63, 3.8) is 0 Å². The molecule has 2 fully saturated rings. The SMILES string of the molecule is COc1cccc(OC)c1OC1CCN(C(=O)C2CCCN2)CC1.Cl. The van der Waals surface area contributed by atoms with Gasteiger partial charge in [-0.2, -0.15) is 0 Å². The van der Waals surface area contributed by atoms with Crippen LogP contribution in [0.3, 0.4) is 0 Å². The second kappa shape index (κ2) is 9.15. The predicted molar refractivity (Wildman–Crippen MR) is 98.0 cm³/mol. The normalized spacial score (nSPS) is 20.7. The van der Waals surface area contributed by atoms with E-state index in [1.165, 1.54) is 0 Å². The molecule has 1 unspecified atom stereocenters. The zero-order valence-electron chi connectivity index (χ0n) is 14.8. The van der Waals surface area contributed by atoms with Gasteiger partial charge in [-0.1, -0.05) is 6.07 Å². The van der Waals surface area contributed by atoms with E-state index in [-0.39, 0.29) is 30.5 Å². The van der Waals surface area contributed by atoms with Crippen LogP contribution in [0.5, 0.6) is 17.2 Å². The van der Waals surface area contributed by atoms with E-state index in [0.717, 1.165) is 45.3 Å². The Morgan fingerprint density at radius 2 is 1.76 bits per heavy atom. The molecule has 0 saturated carbocycles. The lowest BCUT2D eigenvalue weighted by atomic mass is 10.1. The van der Waals surface area contributed by atoms with Crippen LogP contribution in [-0.4, -0.2) is 56.8 Å². The molecule has 2 saturated heterocycles. The highest BCUT2D eigenvalue weighted by atomic mass is 35.5. The van der Waals surface area contributed by atoms with Gasteiger partial charge in [-0.25, -0.2) is 0 Å². The monoisotopic (exact) mass is 370 g/mol. The molecule has 2 aliphatic heterocycles. The number of piperidine rings is 1. The van der Waals surface area contributed by atoms with Crippen molar-refractivity contribution in [3.05, 3.63) is 18.2 Å². The summed E-state index contributed by atoms with van der Waals surface area (Å²) in [5.74, 6) is 2.22. The van der Waals surface area contributed by atoms with E-state index < -0.39 is 0 Å². The van der Waals surface area contributed by atoms with E-state index in [9.17, 15) is 4.79 Å². The minimum absolute atomic E-state index is 0. The molecule has 0 aliphatic carbocycles. The van der Waals surface area contributed by atoms with Crippen LogP contribution < -0.4 is 19.5 Å². The predicted octanol–water partition coefficient (Wildman–Crippen LogP) is 2.25. The molecule has 0 bridgehead atoms. The third kappa shape index (κ3) is 4.50. The van der Waals surface area contributed by atoms with Crippen LogP contribution in [0, 0.1) is 0 Å². The van der Waals surface area contributed by atoms with Crippen molar-refractivity contribution in [3.8, 4) is 17.2 Å². The van der Waals surface area contributed by atoms with Gasteiger partial charge in [0.05, 0.1) is 20.3 Å². The summed E-state index contributed by atoms with van der Waals surface area (Å²) < 4.78 is 16.9. The van der Waals surface area contributed by atoms with Gasteiger partial charge < -0.3 is 24.4 Å². The van der Waals surface area contributed by atoms with Crippen LogP contribution in [0.25, 0.3) is 0 Å². The number of nitrogens with one attached hydrogen (secondary N) is 1. The number of likely N-dealkylation sites (tertiary alicyclic amines) is 1. The molecule has 1 N–H and O–H groups in total. The van der Waals surface area contributed by atoms with E-state index >= 15 is 0 Å². The molecule has 0 aromatic heterocycles. The highest BCUT2D eigenvalue weighted by Crippen LogP contribution is 2.38. The summed E-state index contributed by atoms with van der Waals surface area (Å²) in [5.41, 5.74) is 0. The van der Waals surface area contributed by atoms with E-state index in [2.05, 4.69) is 5.32 Å². The van der Waals surface area contributed by atoms with Crippen molar-refractivity contribution in [2.45, 2.75) is 37.8 Å². The zero-order chi connectivity index (χ0) is 16.9. The fraction of sp³-hybridized carbons (Fsp3) is 0.611. The third-order valence-electron chi connectivity index (χ3n) is 4.78. The molecule has 1 amide bonds. The number of hydrogen-bond acceptors (Lipinski definition) is 5. The topological polar surface area (TPSA) is 60.0 Å². The van der Waals surface area contributed by atoms with Crippen LogP contribution >= 0.6 is 12.4 Å². The lowest BCUT2D eigenvalue weighted by Gasteiger charge is -2.34. The van der Waals surface area contributed by atoms with Crippen LogP contribution in [-0.2, 0) is 4.79 Å². The Kier molecular flexibility index (Phi) is 7.20. The summed E-state index contributed by atoms with van der Waals surface area (Å²) in [5, 5.41) is 3.28. The Bertz CT molecular complexity index is 548. The Morgan fingerprint density at radius 3 is 2.28 bits per heavy atom. The molecule has 7 heteroatoms. The fourth-order valence-electron chi connectivity index (χ4n) is 3.41. The number of nitrogens with zero attached hydrogens (tertiary/aromatic N) is 1. The molecule has 2 heterocycles. The average Bonchev–Trinajstić information content (AvgIpc) is 3.16. The van der Waals surface area contributed by atoms with Crippen molar-refractivity contribution in [1.82, 2.24) is 10.2 Å². The van der Waals surface area contributed by atoms with Gasteiger partial charge in [-0.15, -0.1) is 12.4 Å². The summed E-state index contributed by atoms with van der Waals surface area (Å²) in [7, 11) is 3.25. The van der Waals surface area contributed by atoms with Gasteiger partial charge in [-0.3, -0.25) is 4.79 Å². The first kappa shape index (κ1) is 19.7. The second-order valence-corrected chi connectivity index (χ2v) is 6.28. The number of ether oxygens (including phenoxy) is 3. The molecule has 140 valence electrons. The van der Waals surface area contributed by atoms with E-state index in [4.69, 9.17) is 14.2 Å². The Hall–Kier alpha value is -1.66. The number of para-hydroxylation sites is 1. The van der Waals surface area contributed by atoms with Crippen LogP contribution in [0.2, 0.25) is 0 Å². The Labute approximate surface area is 155 Å². The van der Waals surface area contributed by atoms with Gasteiger partial charge in [0, 0.05) is 25.9 Å². The quantitative estimate of drug-likeness (QED) is 0.861. The number of hydrogen-bond donors (Lipinski definition) is 1. The molecule has 2 aliphatic rings. The minimum Gasteiger partial charge on any atom is -0.493 e. The molecule has 6 nitrogen and oxygen atoms in total. The van der Waals surface area contributed by atoms with E-state index in [0.29, 0.717) is 17.2 Å². The molecule has 0 radical (unpaired) electrons. The summed E-state index contributed by atoms with van der Waals surface area (Å²) >= 11 is 0. The van der Waals surface area contributed by atoms with Gasteiger partial charge in [-0.05, 0) is 31.5 Å². The van der Waals surface area contributed by atoms with Crippen molar-refractivity contribution in [1.29, 1.82) is 0 Å². The first-order valence-corrected chi connectivity index (χ1v) is 8.62. The standard InChI is InChI=1S/C18H26N2O4.ClH/c1-22-15-6-3-7-16(23-2)17(15)24-13-8-11-20(12-9-13)18(21)14-5-4-10-19-14;/h3,6-7,13-14,19H,4-5,8-12H2,1-2H3;1H. The molecule has 1 aromatic carbocycles. The molecule has 3 rings (SSSR count). The maximum atomic E-state index is 12.4. The lowest BCUT2D eigenvalue weighted by molar-refractivity contribution is -0.134. The highest BCUT2D eigenvalue weighted by molar-refractivity contribution is 5.85. The number of benzene rings is 1. The van der Waals surface area contributed by atoms with Crippen molar-refractivity contribution >= 4 is 18.3 Å². The first-order valence-electron chi connectivity index (χ1n) is 8.62. The zero-order valence-corrected chi connectivity index (χ0v) is 15.6. The first-order chi connectivity index (χ1) is 11.7. The van der Waals surface area contributed by atoms with Gasteiger partial charge in [0.2, 0.25) is 11.7 Å². The summed E-state index contributed by atoms with van der Waals surface area (Å²) in [6.07, 6.45) is 3.74. The van der Waals surface area contributed by atoms with Gasteiger partial charge >= 0.3 is 0 Å². The van der Waals surface area contributed by atoms with Crippen LogP contribution in [0.4, 0.5) is 0 Å². The smallest absolute Gasteiger partial charge is 0.239 e. The van der Waals surface area contributed by atoms with E-state index in [1.54, 1.807) is 14.2 Å². The molecular formula is C18H27ClN2O4.